The van der Waals surface area contributed by atoms with Crippen molar-refractivity contribution in [1.82, 2.24) is 0 Å². The molecule has 0 N–H and O–H groups in total. The number of Topliss-reactive ketones (excluding diaryl/α,β-unsaturated/α-hetero) is 1. The number of carbonyl (C=O) groups excluding carboxylic acids is 1. The molecule has 1 aliphatic carbocycles. The molecule has 2 aromatic carbocycles. The van der Waals surface area contributed by atoms with Crippen LogP contribution in [0.25, 0.3) is 6.08 Å². The van der Waals surface area contributed by atoms with E-state index in [0.29, 0.717) is 13.0 Å². The number of rotatable bonds is 5. The number of ketones is 1. The minimum Gasteiger partial charge on any atom is -0.497 e. The van der Waals surface area contributed by atoms with E-state index >= 15 is 0 Å². The van der Waals surface area contributed by atoms with Crippen molar-refractivity contribution in [3.8, 4) is 11.5 Å². The molecule has 0 aromatic heterocycles. The average Bonchev–Trinajstić information content (AvgIpc) is 2.93. The van der Waals surface area contributed by atoms with Crippen molar-refractivity contribution in [2.24, 2.45) is 0 Å². The maximum Gasteiger partial charge on any atom is 0.163 e. The number of carbonyl (C=O) groups is 1. The molecule has 2 aromatic rings. The fraction of sp³-hybridized carbons (Fsp3) is 0.211. The lowest BCUT2D eigenvalue weighted by molar-refractivity contribution is 0.0994. The van der Waals surface area contributed by atoms with Crippen LogP contribution in [0, 0.1) is 0 Å². The van der Waals surface area contributed by atoms with Gasteiger partial charge in [0, 0.05) is 12.0 Å². The lowest BCUT2D eigenvalue weighted by Crippen LogP contribution is -1.94. The maximum atomic E-state index is 11.7. The molecule has 0 radical (unpaired) electrons. The second-order valence-electron chi connectivity index (χ2n) is 5.23. The molecule has 0 aliphatic heterocycles. The Hall–Kier alpha value is -2.55. The van der Waals surface area contributed by atoms with Gasteiger partial charge in [0.1, 0.15) is 18.1 Å². The molecule has 112 valence electrons. The number of benzene rings is 2. The van der Waals surface area contributed by atoms with Crippen LogP contribution in [0.15, 0.2) is 48.5 Å². The fourth-order valence-electron chi connectivity index (χ4n) is 2.56. The number of fused-ring (bicyclic) bond motifs is 1. The molecule has 0 saturated heterocycles. The third-order valence-corrected chi connectivity index (χ3v) is 3.77. The third kappa shape index (κ3) is 3.19. The van der Waals surface area contributed by atoms with E-state index < -0.39 is 0 Å². The first-order valence-corrected chi connectivity index (χ1v) is 7.36. The van der Waals surface area contributed by atoms with Crippen LogP contribution in [-0.2, 0) is 6.42 Å². The van der Waals surface area contributed by atoms with Crippen LogP contribution >= 0.6 is 0 Å². The first-order chi connectivity index (χ1) is 10.8. The van der Waals surface area contributed by atoms with Gasteiger partial charge in [0.2, 0.25) is 0 Å². The molecule has 0 atom stereocenters. The molecule has 3 nitrogen and oxygen atoms in total. The number of ether oxygens (including phenoxy) is 2. The minimum absolute atomic E-state index is 0.250. The molecule has 0 bridgehead atoms. The fourth-order valence-corrected chi connectivity index (χ4v) is 2.56. The molecule has 1 aliphatic rings. The smallest absolute Gasteiger partial charge is 0.163 e. The van der Waals surface area contributed by atoms with E-state index in [1.807, 2.05) is 54.6 Å². The summed E-state index contributed by atoms with van der Waals surface area (Å²) in [4.78, 5) is 11.7. The van der Waals surface area contributed by atoms with Crippen LogP contribution < -0.4 is 9.47 Å². The molecule has 0 amide bonds. The SMILES string of the molecule is COc1ccc(OC/C=C/c2ccc3c(c2)C(=O)CC3)cc1. The average molecular weight is 294 g/mol. The molecular weight excluding hydrogens is 276 g/mol. The highest BCUT2D eigenvalue weighted by Gasteiger charge is 2.18. The number of hydrogen-bond acceptors (Lipinski definition) is 3. The van der Waals surface area contributed by atoms with Gasteiger partial charge >= 0.3 is 0 Å². The van der Waals surface area contributed by atoms with Crippen molar-refractivity contribution in [3.05, 3.63) is 65.2 Å². The van der Waals surface area contributed by atoms with Gasteiger partial charge in [-0.1, -0.05) is 18.2 Å². The largest absolute Gasteiger partial charge is 0.497 e. The zero-order chi connectivity index (χ0) is 15.4. The van der Waals surface area contributed by atoms with Gasteiger partial charge in [0.15, 0.2) is 5.78 Å². The zero-order valence-corrected chi connectivity index (χ0v) is 12.5. The van der Waals surface area contributed by atoms with Crippen molar-refractivity contribution in [3.63, 3.8) is 0 Å². The van der Waals surface area contributed by atoms with Crippen LogP contribution in [-0.4, -0.2) is 19.5 Å². The third-order valence-electron chi connectivity index (χ3n) is 3.77. The second kappa shape index (κ2) is 6.48. The standard InChI is InChI=1S/C19H18O3/c1-21-16-7-9-17(10-8-16)22-12-2-3-14-4-5-15-6-11-19(20)18(15)13-14/h2-5,7-10,13H,6,11-12H2,1H3/b3-2+. The molecule has 3 heteroatoms. The van der Waals surface area contributed by atoms with Gasteiger partial charge in [-0.3, -0.25) is 4.79 Å². The van der Waals surface area contributed by atoms with Gasteiger partial charge < -0.3 is 9.47 Å². The number of hydrogen-bond donors (Lipinski definition) is 0. The van der Waals surface area contributed by atoms with Crippen molar-refractivity contribution in [2.75, 3.05) is 13.7 Å². The first kappa shape index (κ1) is 14.4. The lowest BCUT2D eigenvalue weighted by Gasteiger charge is -2.04. The molecule has 3 rings (SSSR count). The summed E-state index contributed by atoms with van der Waals surface area (Å²) in [6.07, 6.45) is 5.45. The van der Waals surface area contributed by atoms with Gasteiger partial charge in [-0.2, -0.15) is 0 Å². The zero-order valence-electron chi connectivity index (χ0n) is 12.5. The van der Waals surface area contributed by atoms with E-state index in [1.165, 1.54) is 0 Å². The summed E-state index contributed by atoms with van der Waals surface area (Å²) in [7, 11) is 1.64. The lowest BCUT2D eigenvalue weighted by atomic mass is 10.1. The Morgan fingerprint density at radius 2 is 1.82 bits per heavy atom. The second-order valence-corrected chi connectivity index (χ2v) is 5.23. The van der Waals surface area contributed by atoms with Gasteiger partial charge in [0.05, 0.1) is 7.11 Å². The topological polar surface area (TPSA) is 35.5 Å². The summed E-state index contributed by atoms with van der Waals surface area (Å²) in [6, 6.07) is 13.5. The number of aryl methyl sites for hydroxylation is 1. The van der Waals surface area contributed by atoms with Crippen LogP contribution in [0.3, 0.4) is 0 Å². The number of methoxy groups -OCH3 is 1. The normalized spacial score (nSPS) is 13.4. The van der Waals surface area contributed by atoms with Gasteiger partial charge in [0.25, 0.3) is 0 Å². The molecule has 22 heavy (non-hydrogen) atoms. The Labute approximate surface area is 130 Å². The summed E-state index contributed by atoms with van der Waals surface area (Å²) >= 11 is 0. The molecule has 0 unspecified atom stereocenters. The molecule has 0 spiro atoms. The highest BCUT2D eigenvalue weighted by molar-refractivity contribution is 6.00. The van der Waals surface area contributed by atoms with E-state index in [4.69, 9.17) is 9.47 Å². The van der Waals surface area contributed by atoms with Crippen molar-refractivity contribution < 1.29 is 14.3 Å². The Morgan fingerprint density at radius 3 is 2.59 bits per heavy atom. The predicted octanol–water partition coefficient (Wildman–Crippen LogP) is 3.92. The summed E-state index contributed by atoms with van der Waals surface area (Å²) in [5, 5.41) is 0. The molecule has 0 fully saturated rings. The van der Waals surface area contributed by atoms with Crippen LogP contribution in [0.1, 0.15) is 27.9 Å². The summed E-state index contributed by atoms with van der Waals surface area (Å²) < 4.78 is 10.7. The van der Waals surface area contributed by atoms with Crippen molar-refractivity contribution in [1.29, 1.82) is 0 Å². The predicted molar refractivity (Wildman–Crippen MR) is 86.6 cm³/mol. The van der Waals surface area contributed by atoms with E-state index in [1.54, 1.807) is 7.11 Å². The van der Waals surface area contributed by atoms with E-state index in [2.05, 4.69) is 0 Å². The Kier molecular flexibility index (Phi) is 4.24. The monoisotopic (exact) mass is 294 g/mol. The van der Waals surface area contributed by atoms with Crippen molar-refractivity contribution in [2.45, 2.75) is 12.8 Å². The van der Waals surface area contributed by atoms with Crippen LogP contribution in [0.4, 0.5) is 0 Å². The van der Waals surface area contributed by atoms with Crippen LogP contribution in [0.2, 0.25) is 0 Å². The first-order valence-electron chi connectivity index (χ1n) is 7.36. The Morgan fingerprint density at radius 1 is 1.05 bits per heavy atom. The quantitative estimate of drug-likeness (QED) is 0.838. The van der Waals surface area contributed by atoms with Crippen LogP contribution in [0.5, 0.6) is 11.5 Å². The Bertz CT molecular complexity index is 699. The van der Waals surface area contributed by atoms with Gasteiger partial charge in [-0.05, 0) is 54.0 Å². The molecule has 0 saturated carbocycles. The van der Waals surface area contributed by atoms with Crippen molar-refractivity contribution >= 4 is 11.9 Å². The highest BCUT2D eigenvalue weighted by atomic mass is 16.5. The summed E-state index contributed by atoms with van der Waals surface area (Å²) in [5.74, 6) is 1.86. The maximum absolute atomic E-state index is 11.7. The molecular formula is C19H18O3. The van der Waals surface area contributed by atoms with E-state index in [0.717, 1.165) is 34.6 Å². The van der Waals surface area contributed by atoms with E-state index in [9.17, 15) is 4.79 Å². The van der Waals surface area contributed by atoms with Gasteiger partial charge in [-0.25, -0.2) is 0 Å². The highest BCUT2D eigenvalue weighted by Crippen LogP contribution is 2.23. The van der Waals surface area contributed by atoms with Gasteiger partial charge in [-0.15, -0.1) is 0 Å². The molecule has 0 heterocycles. The van der Waals surface area contributed by atoms with E-state index in [-0.39, 0.29) is 5.78 Å². The summed E-state index contributed by atoms with van der Waals surface area (Å²) in [6.45, 7) is 0.483. The minimum atomic E-state index is 0.250. The Balaban J connectivity index is 1.58. The summed E-state index contributed by atoms with van der Waals surface area (Å²) in [5.41, 5.74) is 3.07.